The molecule has 2 heterocycles. The quantitative estimate of drug-likeness (QED) is 0.752. The molecule has 0 radical (unpaired) electrons. The second kappa shape index (κ2) is 3.66. The predicted molar refractivity (Wildman–Crippen MR) is 59.0 cm³/mol. The number of aromatic carboxylic acids is 1. The van der Waals surface area contributed by atoms with Crippen LogP contribution in [0.1, 0.15) is 34.7 Å². The molecular weight excluding hydrogens is 222 g/mol. The molecule has 17 heavy (non-hydrogen) atoms. The molecule has 90 valence electrons. The fourth-order valence-electron chi connectivity index (χ4n) is 2.31. The third kappa shape index (κ3) is 1.84. The third-order valence-corrected chi connectivity index (χ3v) is 3.37. The van der Waals surface area contributed by atoms with Crippen LogP contribution in [0.5, 0.6) is 0 Å². The van der Waals surface area contributed by atoms with Gasteiger partial charge < -0.3 is 10.1 Å². The number of fused-ring (bicyclic) bond motifs is 1. The van der Waals surface area contributed by atoms with Crippen LogP contribution in [0, 0.1) is 0 Å². The summed E-state index contributed by atoms with van der Waals surface area (Å²) >= 11 is 0. The van der Waals surface area contributed by atoms with Crippen molar-refractivity contribution in [2.45, 2.75) is 31.8 Å². The highest BCUT2D eigenvalue weighted by molar-refractivity contribution is 5.83. The van der Waals surface area contributed by atoms with Gasteiger partial charge in [0.2, 0.25) is 5.82 Å². The highest BCUT2D eigenvalue weighted by atomic mass is 16.4. The molecule has 1 saturated carbocycles. The summed E-state index contributed by atoms with van der Waals surface area (Å²) in [4.78, 5) is 31.1. The number of rotatable bonds is 2. The number of carboxylic acids is 1. The van der Waals surface area contributed by atoms with Crippen molar-refractivity contribution in [2.75, 3.05) is 6.54 Å². The average molecular weight is 235 g/mol. The van der Waals surface area contributed by atoms with Crippen molar-refractivity contribution >= 4 is 5.97 Å². The van der Waals surface area contributed by atoms with E-state index in [-0.39, 0.29) is 11.4 Å². The summed E-state index contributed by atoms with van der Waals surface area (Å²) in [5, 5.41) is 8.85. The van der Waals surface area contributed by atoms with Gasteiger partial charge in [0.25, 0.3) is 5.56 Å². The van der Waals surface area contributed by atoms with Crippen molar-refractivity contribution in [3.05, 3.63) is 27.4 Å². The number of carboxylic acid groups (broad SMARTS) is 1. The molecule has 0 saturated heterocycles. The molecule has 6 heteroatoms. The van der Waals surface area contributed by atoms with Gasteiger partial charge in [-0.05, 0) is 19.3 Å². The molecule has 0 unspecified atom stereocenters. The van der Waals surface area contributed by atoms with Gasteiger partial charge in [0.1, 0.15) is 0 Å². The lowest BCUT2D eigenvalue weighted by Gasteiger charge is -2.27. The molecule has 3 rings (SSSR count). The summed E-state index contributed by atoms with van der Waals surface area (Å²) in [5.41, 5.74) is 0.971. The smallest absolute Gasteiger partial charge is 0.372 e. The van der Waals surface area contributed by atoms with Gasteiger partial charge in [0, 0.05) is 24.7 Å². The molecule has 0 amide bonds. The van der Waals surface area contributed by atoms with E-state index < -0.39 is 5.97 Å². The van der Waals surface area contributed by atoms with Crippen LogP contribution in [-0.2, 0) is 13.0 Å². The molecule has 0 atom stereocenters. The molecule has 0 bridgehead atoms. The normalized spacial score (nSPS) is 20.0. The van der Waals surface area contributed by atoms with Crippen LogP contribution in [0.25, 0.3) is 0 Å². The van der Waals surface area contributed by atoms with Gasteiger partial charge in [-0.2, -0.15) is 0 Å². The van der Waals surface area contributed by atoms with E-state index in [4.69, 9.17) is 5.11 Å². The molecule has 1 aliphatic heterocycles. The van der Waals surface area contributed by atoms with E-state index in [0.717, 1.165) is 6.54 Å². The van der Waals surface area contributed by atoms with Crippen molar-refractivity contribution in [1.29, 1.82) is 0 Å². The second-order valence-electron chi connectivity index (χ2n) is 4.60. The maximum atomic E-state index is 11.7. The van der Waals surface area contributed by atoms with Crippen LogP contribution in [0.4, 0.5) is 0 Å². The fraction of sp³-hybridized carbons (Fsp3) is 0.545. The first-order valence-electron chi connectivity index (χ1n) is 5.74. The van der Waals surface area contributed by atoms with Crippen molar-refractivity contribution < 1.29 is 9.90 Å². The highest BCUT2D eigenvalue weighted by Gasteiger charge is 2.32. The minimum absolute atomic E-state index is 0.258. The number of H-pyrrole nitrogens is 1. The van der Waals surface area contributed by atoms with Gasteiger partial charge in [0.15, 0.2) is 0 Å². The lowest BCUT2D eigenvalue weighted by atomic mass is 10.1. The largest absolute Gasteiger partial charge is 0.475 e. The Morgan fingerprint density at radius 2 is 2.24 bits per heavy atom. The zero-order valence-electron chi connectivity index (χ0n) is 9.27. The number of carbonyl (C=O) groups is 1. The maximum absolute atomic E-state index is 11.7. The molecular formula is C11H13N3O3. The SMILES string of the molecule is O=C(O)c1nc2c(c(=O)[nH]1)CCN(C1CC1)C2. The molecule has 6 nitrogen and oxygen atoms in total. The van der Waals surface area contributed by atoms with Gasteiger partial charge >= 0.3 is 5.97 Å². The maximum Gasteiger partial charge on any atom is 0.372 e. The minimum atomic E-state index is -1.19. The Bertz CT molecular complexity index is 533. The Hall–Kier alpha value is -1.69. The van der Waals surface area contributed by atoms with Crippen LogP contribution < -0.4 is 5.56 Å². The molecule has 2 aliphatic rings. The second-order valence-corrected chi connectivity index (χ2v) is 4.60. The van der Waals surface area contributed by atoms with Crippen molar-refractivity contribution in [3.8, 4) is 0 Å². The van der Waals surface area contributed by atoms with Gasteiger partial charge in [-0.3, -0.25) is 9.69 Å². The minimum Gasteiger partial charge on any atom is -0.475 e. The van der Waals surface area contributed by atoms with Crippen molar-refractivity contribution in [2.24, 2.45) is 0 Å². The number of hydrogen-bond donors (Lipinski definition) is 2. The summed E-state index contributed by atoms with van der Waals surface area (Å²) in [6.45, 7) is 1.47. The van der Waals surface area contributed by atoms with Crippen LogP contribution in [0.3, 0.4) is 0 Å². The molecule has 1 aliphatic carbocycles. The summed E-state index contributed by atoms with van der Waals surface area (Å²) < 4.78 is 0. The monoisotopic (exact) mass is 235 g/mol. The molecule has 2 N–H and O–H groups in total. The van der Waals surface area contributed by atoms with E-state index in [0.29, 0.717) is 30.3 Å². The summed E-state index contributed by atoms with van der Waals surface area (Å²) in [6, 6.07) is 0.609. The van der Waals surface area contributed by atoms with Crippen LogP contribution in [0.2, 0.25) is 0 Å². The van der Waals surface area contributed by atoms with E-state index >= 15 is 0 Å². The third-order valence-electron chi connectivity index (χ3n) is 3.37. The molecule has 1 fully saturated rings. The van der Waals surface area contributed by atoms with Gasteiger partial charge in [-0.15, -0.1) is 0 Å². The number of hydrogen-bond acceptors (Lipinski definition) is 4. The van der Waals surface area contributed by atoms with E-state index in [9.17, 15) is 9.59 Å². The topological polar surface area (TPSA) is 86.3 Å². The van der Waals surface area contributed by atoms with E-state index in [1.807, 2.05) is 0 Å². The average Bonchev–Trinajstić information content (AvgIpc) is 3.11. The summed E-state index contributed by atoms with van der Waals surface area (Å²) in [7, 11) is 0. The number of aromatic amines is 1. The van der Waals surface area contributed by atoms with E-state index in [2.05, 4.69) is 14.9 Å². The first-order chi connectivity index (χ1) is 8.15. The van der Waals surface area contributed by atoms with Crippen molar-refractivity contribution in [3.63, 3.8) is 0 Å². The number of nitrogens with one attached hydrogen (secondary N) is 1. The van der Waals surface area contributed by atoms with Crippen LogP contribution in [-0.4, -0.2) is 38.5 Å². The standard InChI is InChI=1S/C11H13N3O3/c15-10-7-3-4-14(6-1-2-6)5-8(7)12-9(13-10)11(16)17/h6H,1-5H2,(H,16,17)(H,12,13,15). The van der Waals surface area contributed by atoms with Crippen molar-refractivity contribution in [1.82, 2.24) is 14.9 Å². The molecule has 0 aromatic carbocycles. The Balaban J connectivity index is 1.99. The number of nitrogens with zero attached hydrogens (tertiary/aromatic N) is 2. The molecule has 0 spiro atoms. The number of aromatic nitrogens is 2. The Kier molecular flexibility index (Phi) is 2.25. The summed E-state index contributed by atoms with van der Waals surface area (Å²) in [6.07, 6.45) is 3.06. The first-order valence-corrected chi connectivity index (χ1v) is 5.74. The van der Waals surface area contributed by atoms with Crippen LogP contribution >= 0.6 is 0 Å². The van der Waals surface area contributed by atoms with Crippen LogP contribution in [0.15, 0.2) is 4.79 Å². The van der Waals surface area contributed by atoms with Gasteiger partial charge in [-0.1, -0.05) is 0 Å². The zero-order valence-corrected chi connectivity index (χ0v) is 9.27. The lowest BCUT2D eigenvalue weighted by Crippen LogP contribution is -2.37. The molecule has 1 aromatic heterocycles. The van der Waals surface area contributed by atoms with E-state index in [1.165, 1.54) is 12.8 Å². The molecule has 1 aromatic rings. The zero-order chi connectivity index (χ0) is 12.0. The Labute approximate surface area is 97.3 Å². The van der Waals surface area contributed by atoms with E-state index in [1.54, 1.807) is 0 Å². The summed E-state index contributed by atoms with van der Waals surface area (Å²) in [5.74, 6) is -1.44. The predicted octanol–water partition coefficient (Wildman–Crippen LogP) is -0.0114. The first kappa shape index (κ1) is 10.5. The highest BCUT2D eigenvalue weighted by Crippen LogP contribution is 2.30. The lowest BCUT2D eigenvalue weighted by molar-refractivity contribution is 0.0682. The fourth-order valence-corrected chi connectivity index (χ4v) is 2.31. The van der Waals surface area contributed by atoms with Gasteiger partial charge in [0.05, 0.1) is 5.69 Å². The Morgan fingerprint density at radius 1 is 1.47 bits per heavy atom. The van der Waals surface area contributed by atoms with Gasteiger partial charge in [-0.25, -0.2) is 9.78 Å². The Morgan fingerprint density at radius 3 is 2.88 bits per heavy atom.